The molecule has 0 atom stereocenters. The fourth-order valence-corrected chi connectivity index (χ4v) is 9.38. The maximum absolute atomic E-state index is 9.36. The van der Waals surface area contributed by atoms with Crippen LogP contribution in [0.2, 0.25) is 0 Å². The van der Waals surface area contributed by atoms with Crippen LogP contribution >= 0.6 is 0 Å². The van der Waals surface area contributed by atoms with Crippen LogP contribution in [-0.4, -0.2) is 15.0 Å². The molecule has 5 aromatic carbocycles. The molecule has 6 aromatic rings. The van der Waals surface area contributed by atoms with Crippen LogP contribution in [0.1, 0.15) is 49.7 Å². The third-order valence-corrected chi connectivity index (χ3v) is 11.2. The van der Waals surface area contributed by atoms with E-state index in [9.17, 15) is 5.26 Å². The Hall–Kier alpha value is -5.40. The van der Waals surface area contributed by atoms with Gasteiger partial charge in [0.1, 0.15) is 0 Å². The highest BCUT2D eigenvalue weighted by atomic mass is 15.0. The van der Waals surface area contributed by atoms with E-state index in [1.54, 1.807) is 0 Å². The fourth-order valence-electron chi connectivity index (χ4n) is 9.38. The molecule has 0 unspecified atom stereocenters. The first kappa shape index (κ1) is 28.8. The summed E-state index contributed by atoms with van der Waals surface area (Å²) in [5.74, 6) is 4.68. The Morgan fingerprint density at radius 3 is 1.40 bits per heavy atom. The van der Waals surface area contributed by atoms with Gasteiger partial charge in [-0.25, -0.2) is 15.0 Å². The largest absolute Gasteiger partial charge is 0.208 e. The highest BCUT2D eigenvalue weighted by molar-refractivity contribution is 5.84. The van der Waals surface area contributed by atoms with Gasteiger partial charge >= 0.3 is 0 Å². The summed E-state index contributed by atoms with van der Waals surface area (Å²) in [4.78, 5) is 15.3. The summed E-state index contributed by atoms with van der Waals surface area (Å²) in [6, 6.07) is 46.2. The number of nitrogens with zero attached hydrogens (tertiary/aromatic N) is 4. The Morgan fingerprint density at radius 2 is 0.896 bits per heavy atom. The first-order valence-electron chi connectivity index (χ1n) is 17.3. The molecule has 0 saturated heterocycles. The number of aromatic nitrogens is 3. The lowest BCUT2D eigenvalue weighted by Crippen LogP contribution is -2.48. The van der Waals surface area contributed by atoms with Gasteiger partial charge in [0.2, 0.25) is 0 Å². The minimum atomic E-state index is 0.378. The zero-order chi connectivity index (χ0) is 32.1. The van der Waals surface area contributed by atoms with Crippen molar-refractivity contribution in [2.75, 3.05) is 0 Å². The Labute approximate surface area is 282 Å². The van der Waals surface area contributed by atoms with E-state index < -0.39 is 0 Å². The first-order valence-corrected chi connectivity index (χ1v) is 17.3. The highest BCUT2D eigenvalue weighted by Crippen LogP contribution is 2.60. The fraction of sp³-hybridized carbons (Fsp3) is 0.227. The van der Waals surface area contributed by atoms with Gasteiger partial charge in [-0.1, -0.05) is 115 Å². The molecule has 4 nitrogen and oxygen atoms in total. The second-order valence-corrected chi connectivity index (χ2v) is 14.2. The summed E-state index contributed by atoms with van der Waals surface area (Å²) >= 11 is 0. The maximum atomic E-state index is 9.36. The molecule has 48 heavy (non-hydrogen) atoms. The van der Waals surface area contributed by atoms with Crippen molar-refractivity contribution < 1.29 is 0 Å². The predicted molar refractivity (Wildman–Crippen MR) is 192 cm³/mol. The Bertz CT molecular complexity index is 2120. The summed E-state index contributed by atoms with van der Waals surface area (Å²) in [5.41, 5.74) is 9.70. The van der Waals surface area contributed by atoms with Crippen molar-refractivity contribution in [1.82, 2.24) is 15.0 Å². The summed E-state index contributed by atoms with van der Waals surface area (Å²) in [5, 5.41) is 9.36. The Balaban J connectivity index is 1.14. The molecular formula is C44H36N4. The van der Waals surface area contributed by atoms with E-state index in [1.165, 1.54) is 49.7 Å². The van der Waals surface area contributed by atoms with Crippen molar-refractivity contribution >= 4 is 0 Å². The normalized spacial score (nSPS) is 22.4. The number of hydrogen-bond donors (Lipinski definition) is 0. The predicted octanol–water partition coefficient (Wildman–Crippen LogP) is 10.5. The van der Waals surface area contributed by atoms with E-state index >= 15 is 0 Å². The molecule has 4 bridgehead atoms. The van der Waals surface area contributed by atoms with E-state index in [0.29, 0.717) is 28.5 Å². The molecule has 0 spiro atoms. The second kappa shape index (κ2) is 11.7. The lowest BCUT2D eigenvalue weighted by Gasteiger charge is -2.57. The monoisotopic (exact) mass is 620 g/mol. The zero-order valence-electron chi connectivity index (χ0n) is 26.9. The SMILES string of the molecule is N#Cc1ccc(-c2ccccc2-c2nc(-c3ccccc3)nc(-c3ccccc3-c3ccc(C45CC6CC(CC(C6)C4)C5)cc3)n2)cc1. The molecule has 4 saturated carbocycles. The molecule has 232 valence electrons. The van der Waals surface area contributed by atoms with E-state index in [1.807, 2.05) is 66.7 Å². The van der Waals surface area contributed by atoms with Crippen LogP contribution in [0.4, 0.5) is 0 Å². The van der Waals surface area contributed by atoms with Gasteiger partial charge in [0, 0.05) is 16.7 Å². The summed E-state index contributed by atoms with van der Waals surface area (Å²) in [6.07, 6.45) is 8.49. The molecule has 4 fully saturated rings. The zero-order valence-corrected chi connectivity index (χ0v) is 26.9. The van der Waals surface area contributed by atoms with Crippen LogP contribution in [0, 0.1) is 29.1 Å². The Kier molecular flexibility index (Phi) is 7.01. The number of nitriles is 1. The van der Waals surface area contributed by atoms with Crippen molar-refractivity contribution in [1.29, 1.82) is 5.26 Å². The van der Waals surface area contributed by atoms with Crippen LogP contribution in [0.5, 0.6) is 0 Å². The second-order valence-electron chi connectivity index (χ2n) is 14.2. The van der Waals surface area contributed by atoms with E-state index in [0.717, 1.165) is 51.1 Å². The standard InChI is InChI=1S/C44H36N4/c45-28-29-14-16-33(17-15-29)37-10-4-6-12-39(37)42-46-41(35-8-2-1-3-9-35)47-43(48-42)40-13-7-5-11-38(40)34-18-20-36(21-19-34)44-25-30-22-31(26-44)24-32(23-30)27-44/h1-21,30-32H,22-27H2. The molecule has 1 aromatic heterocycles. The molecular weight excluding hydrogens is 585 g/mol. The smallest absolute Gasteiger partial charge is 0.164 e. The third-order valence-electron chi connectivity index (χ3n) is 11.2. The summed E-state index contributed by atoms with van der Waals surface area (Å²) in [7, 11) is 0. The average Bonchev–Trinajstić information content (AvgIpc) is 3.14. The highest BCUT2D eigenvalue weighted by Gasteiger charge is 2.51. The molecule has 0 amide bonds. The van der Waals surface area contributed by atoms with Gasteiger partial charge in [-0.3, -0.25) is 0 Å². The van der Waals surface area contributed by atoms with Gasteiger partial charge in [-0.15, -0.1) is 0 Å². The van der Waals surface area contributed by atoms with E-state index in [4.69, 9.17) is 15.0 Å². The number of rotatable bonds is 6. The van der Waals surface area contributed by atoms with Crippen LogP contribution in [-0.2, 0) is 5.41 Å². The van der Waals surface area contributed by atoms with Crippen LogP contribution < -0.4 is 0 Å². The molecule has 4 aliphatic carbocycles. The van der Waals surface area contributed by atoms with Gasteiger partial charge in [-0.05, 0) is 102 Å². The lowest BCUT2D eigenvalue weighted by atomic mass is 9.48. The van der Waals surface area contributed by atoms with Gasteiger partial charge in [0.25, 0.3) is 0 Å². The third kappa shape index (κ3) is 5.11. The minimum absolute atomic E-state index is 0.378. The van der Waals surface area contributed by atoms with Crippen LogP contribution in [0.3, 0.4) is 0 Å². The summed E-state index contributed by atoms with van der Waals surface area (Å²) in [6.45, 7) is 0. The summed E-state index contributed by atoms with van der Waals surface area (Å²) < 4.78 is 0. The molecule has 4 heteroatoms. The average molecular weight is 621 g/mol. The first-order chi connectivity index (χ1) is 23.6. The molecule has 1 heterocycles. The van der Waals surface area contributed by atoms with Crippen molar-refractivity contribution in [3.05, 3.63) is 139 Å². The molecule has 0 radical (unpaired) electrons. The molecule has 0 aliphatic heterocycles. The minimum Gasteiger partial charge on any atom is -0.208 e. The van der Waals surface area contributed by atoms with Crippen molar-refractivity contribution in [3.63, 3.8) is 0 Å². The quantitative estimate of drug-likeness (QED) is 0.186. The molecule has 4 aliphatic rings. The van der Waals surface area contributed by atoms with Gasteiger partial charge in [0.05, 0.1) is 11.6 Å². The molecule has 0 N–H and O–H groups in total. The van der Waals surface area contributed by atoms with Gasteiger partial charge in [-0.2, -0.15) is 5.26 Å². The number of benzene rings is 5. The van der Waals surface area contributed by atoms with Crippen LogP contribution in [0.25, 0.3) is 56.4 Å². The topological polar surface area (TPSA) is 62.5 Å². The number of hydrogen-bond acceptors (Lipinski definition) is 4. The van der Waals surface area contributed by atoms with Gasteiger partial charge < -0.3 is 0 Å². The lowest BCUT2D eigenvalue weighted by molar-refractivity contribution is -0.00518. The van der Waals surface area contributed by atoms with Crippen molar-refractivity contribution in [2.45, 2.75) is 43.9 Å². The van der Waals surface area contributed by atoms with Crippen LogP contribution in [0.15, 0.2) is 127 Å². The van der Waals surface area contributed by atoms with Gasteiger partial charge in [0.15, 0.2) is 17.5 Å². The maximum Gasteiger partial charge on any atom is 0.164 e. The van der Waals surface area contributed by atoms with E-state index in [-0.39, 0.29) is 0 Å². The van der Waals surface area contributed by atoms with Crippen molar-refractivity contribution in [3.8, 4) is 62.5 Å². The van der Waals surface area contributed by atoms with E-state index in [2.05, 4.69) is 66.7 Å². The molecule has 10 rings (SSSR count). The van der Waals surface area contributed by atoms with Crippen molar-refractivity contribution in [2.24, 2.45) is 17.8 Å². The Morgan fingerprint density at radius 1 is 0.458 bits per heavy atom.